The zero-order chi connectivity index (χ0) is 25.8. The number of anilines is 1. The van der Waals surface area contributed by atoms with Crippen LogP contribution in [0.5, 0.6) is 5.75 Å². The van der Waals surface area contributed by atoms with Crippen LogP contribution in [0.15, 0.2) is 79.0 Å². The van der Waals surface area contributed by atoms with Crippen molar-refractivity contribution in [3.8, 4) is 5.75 Å². The van der Waals surface area contributed by atoms with Gasteiger partial charge < -0.3 is 9.64 Å². The van der Waals surface area contributed by atoms with E-state index in [-0.39, 0.29) is 17.2 Å². The second-order valence-corrected chi connectivity index (χ2v) is 9.21. The molecule has 2 amide bonds. The molecule has 2 saturated heterocycles. The van der Waals surface area contributed by atoms with Crippen molar-refractivity contribution in [1.82, 2.24) is 4.90 Å². The lowest BCUT2D eigenvalue weighted by atomic mass is 9.83. The Morgan fingerprint density at radius 1 is 0.946 bits per heavy atom. The van der Waals surface area contributed by atoms with Crippen molar-refractivity contribution < 1.29 is 24.0 Å². The van der Waals surface area contributed by atoms with Gasteiger partial charge in [-0.3, -0.25) is 24.5 Å². The number of nitrogens with zero attached hydrogens (tertiary/aromatic N) is 3. The molecule has 2 fully saturated rings. The number of methoxy groups -OCH3 is 1. The van der Waals surface area contributed by atoms with E-state index in [4.69, 9.17) is 4.74 Å². The van der Waals surface area contributed by atoms with Crippen molar-refractivity contribution in [2.75, 3.05) is 12.0 Å². The van der Waals surface area contributed by atoms with E-state index in [9.17, 15) is 24.5 Å². The maximum Gasteiger partial charge on any atom is 0.271 e. The summed E-state index contributed by atoms with van der Waals surface area (Å²) in [5.74, 6) is -2.49. The molecule has 184 valence electrons. The number of fused-ring (bicyclic) bond motifs is 5. The molecule has 37 heavy (non-hydrogen) atoms. The molecule has 0 radical (unpaired) electrons. The Morgan fingerprint density at radius 2 is 1.68 bits per heavy atom. The summed E-state index contributed by atoms with van der Waals surface area (Å²) in [6.45, 7) is 0. The predicted octanol–water partition coefficient (Wildman–Crippen LogP) is 4.00. The number of nitro groups is 1. The molecule has 0 aliphatic carbocycles. The Balaban J connectivity index is 1.47. The summed E-state index contributed by atoms with van der Waals surface area (Å²) < 4.78 is 5.20. The predicted molar refractivity (Wildman–Crippen MR) is 134 cm³/mol. The lowest BCUT2D eigenvalue weighted by molar-refractivity contribution is -0.384. The first-order valence-electron chi connectivity index (χ1n) is 11.8. The first kappa shape index (κ1) is 22.7. The standard InChI is InChI=1S/C28H21N3O6/c1-37-20-11-9-17(10-12-20)26(32)25-23-22(24-21-8-3-2-5-16(21)13-14-29(24)25)27(33)30(28(23)34)18-6-4-7-19(15-18)31(35)36/h2-15,22-25H,1H3/t22-,23+,24?,25-/m0/s1. The van der Waals surface area contributed by atoms with Gasteiger partial charge in [0.1, 0.15) is 11.8 Å². The van der Waals surface area contributed by atoms with Crippen molar-refractivity contribution in [2.45, 2.75) is 12.1 Å². The van der Waals surface area contributed by atoms with E-state index in [1.54, 1.807) is 30.5 Å². The average molecular weight is 495 g/mol. The van der Waals surface area contributed by atoms with Crippen molar-refractivity contribution >= 4 is 35.0 Å². The Hall–Kier alpha value is -4.79. The Labute approximate surface area is 211 Å². The quantitative estimate of drug-likeness (QED) is 0.228. The van der Waals surface area contributed by atoms with Gasteiger partial charge in [0.25, 0.3) is 5.69 Å². The van der Waals surface area contributed by atoms with E-state index in [1.165, 1.54) is 31.4 Å². The number of carbonyl (C=O) groups excluding carboxylic acids is 3. The van der Waals surface area contributed by atoms with Crippen molar-refractivity contribution in [1.29, 1.82) is 0 Å². The molecule has 0 N–H and O–H groups in total. The highest BCUT2D eigenvalue weighted by atomic mass is 16.6. The van der Waals surface area contributed by atoms with Crippen LogP contribution in [0.25, 0.3) is 6.08 Å². The third kappa shape index (κ3) is 3.35. The van der Waals surface area contributed by atoms with Crippen LogP contribution in [-0.4, -0.2) is 40.6 Å². The van der Waals surface area contributed by atoms with Crippen LogP contribution in [0.2, 0.25) is 0 Å². The average Bonchev–Trinajstić information content (AvgIpc) is 3.40. The monoisotopic (exact) mass is 495 g/mol. The third-order valence-corrected chi connectivity index (χ3v) is 7.40. The molecule has 1 unspecified atom stereocenters. The molecule has 0 aromatic heterocycles. The maximum absolute atomic E-state index is 13.9. The number of nitro benzene ring substituents is 1. The Morgan fingerprint density at radius 3 is 2.41 bits per heavy atom. The number of Topliss-reactive ketones (excluding diaryl/α,β-unsaturated/α-hetero) is 1. The van der Waals surface area contributed by atoms with Crippen LogP contribution in [0.1, 0.15) is 27.5 Å². The van der Waals surface area contributed by atoms with E-state index in [1.807, 2.05) is 35.2 Å². The molecule has 9 heteroatoms. The van der Waals surface area contributed by atoms with Crippen LogP contribution < -0.4 is 9.64 Å². The third-order valence-electron chi connectivity index (χ3n) is 7.40. The van der Waals surface area contributed by atoms with Crippen LogP contribution in [0.3, 0.4) is 0 Å². The number of imide groups is 1. The van der Waals surface area contributed by atoms with E-state index in [0.29, 0.717) is 11.3 Å². The molecular weight excluding hydrogens is 474 g/mol. The zero-order valence-electron chi connectivity index (χ0n) is 19.7. The van der Waals surface area contributed by atoms with Crippen molar-refractivity contribution in [3.05, 3.63) is 106 Å². The molecule has 3 aliphatic rings. The van der Waals surface area contributed by atoms with Gasteiger partial charge >= 0.3 is 0 Å². The highest BCUT2D eigenvalue weighted by Crippen LogP contribution is 2.53. The number of hydrogen-bond donors (Lipinski definition) is 0. The van der Waals surface area contributed by atoms with Gasteiger partial charge in [0.2, 0.25) is 11.8 Å². The van der Waals surface area contributed by atoms with Crippen molar-refractivity contribution in [2.24, 2.45) is 11.8 Å². The second-order valence-electron chi connectivity index (χ2n) is 9.21. The topological polar surface area (TPSA) is 110 Å². The largest absolute Gasteiger partial charge is 0.497 e. The molecule has 3 heterocycles. The first-order valence-corrected chi connectivity index (χ1v) is 11.8. The molecule has 0 spiro atoms. The van der Waals surface area contributed by atoms with Gasteiger partial charge in [0.05, 0.1) is 35.6 Å². The number of rotatable bonds is 5. The second kappa shape index (κ2) is 8.41. The molecular formula is C28H21N3O6. The molecule has 3 aliphatic heterocycles. The van der Waals surface area contributed by atoms with Crippen LogP contribution in [0, 0.1) is 22.0 Å². The number of carbonyl (C=O) groups is 3. The van der Waals surface area contributed by atoms with Crippen LogP contribution >= 0.6 is 0 Å². The smallest absolute Gasteiger partial charge is 0.271 e. The van der Waals surface area contributed by atoms with Gasteiger partial charge in [-0.1, -0.05) is 30.3 Å². The molecule has 3 aromatic rings. The van der Waals surface area contributed by atoms with Crippen LogP contribution in [0.4, 0.5) is 11.4 Å². The molecule has 0 bridgehead atoms. The van der Waals surface area contributed by atoms with Gasteiger partial charge in [-0.25, -0.2) is 4.90 Å². The van der Waals surface area contributed by atoms with E-state index in [0.717, 1.165) is 16.0 Å². The number of ketones is 1. The Kier molecular flexibility index (Phi) is 5.15. The number of amides is 2. The molecule has 4 atom stereocenters. The van der Waals surface area contributed by atoms with Gasteiger partial charge in [0.15, 0.2) is 5.78 Å². The van der Waals surface area contributed by atoms with Crippen LogP contribution in [-0.2, 0) is 9.59 Å². The first-order chi connectivity index (χ1) is 17.9. The maximum atomic E-state index is 13.9. The minimum atomic E-state index is -0.956. The molecule has 9 nitrogen and oxygen atoms in total. The minimum absolute atomic E-state index is 0.125. The molecule has 3 aromatic carbocycles. The van der Waals surface area contributed by atoms with Gasteiger partial charge in [-0.15, -0.1) is 0 Å². The normalized spacial score (nSPS) is 23.5. The summed E-state index contributed by atoms with van der Waals surface area (Å²) in [5.41, 5.74) is 2.06. The fourth-order valence-corrected chi connectivity index (χ4v) is 5.78. The van der Waals surface area contributed by atoms with E-state index < -0.39 is 40.7 Å². The summed E-state index contributed by atoms with van der Waals surface area (Å²) in [6.07, 6.45) is 3.67. The molecule has 0 saturated carbocycles. The van der Waals surface area contributed by atoms with Gasteiger partial charge in [0, 0.05) is 23.9 Å². The summed E-state index contributed by atoms with van der Waals surface area (Å²) in [7, 11) is 1.53. The summed E-state index contributed by atoms with van der Waals surface area (Å²) >= 11 is 0. The number of hydrogen-bond acceptors (Lipinski definition) is 7. The molecule has 6 rings (SSSR count). The number of non-ortho nitro benzene ring substituents is 1. The summed E-state index contributed by atoms with van der Waals surface area (Å²) in [6, 6.07) is 18.2. The minimum Gasteiger partial charge on any atom is -0.497 e. The SMILES string of the molecule is COc1ccc(C(=O)[C@@H]2[C@@H]3C(=O)N(c4cccc([N+](=O)[O-])c4)C(=O)[C@@H]3C3c4ccccc4C=CN32)cc1. The van der Waals surface area contributed by atoms with E-state index in [2.05, 4.69) is 0 Å². The highest BCUT2D eigenvalue weighted by Gasteiger charge is 2.64. The summed E-state index contributed by atoms with van der Waals surface area (Å²) in [5, 5.41) is 11.3. The zero-order valence-corrected chi connectivity index (χ0v) is 19.7. The number of benzene rings is 3. The lowest BCUT2D eigenvalue weighted by Gasteiger charge is -2.35. The van der Waals surface area contributed by atoms with Gasteiger partial charge in [-0.2, -0.15) is 0 Å². The fraction of sp³-hybridized carbons (Fsp3) is 0.179. The Bertz CT molecular complexity index is 1500. The fourth-order valence-electron chi connectivity index (χ4n) is 5.78. The van der Waals surface area contributed by atoms with Gasteiger partial charge in [-0.05, 0) is 47.5 Å². The van der Waals surface area contributed by atoms with E-state index >= 15 is 0 Å². The highest BCUT2D eigenvalue weighted by molar-refractivity contribution is 6.24. The number of ether oxygens (including phenoxy) is 1. The lowest BCUT2D eigenvalue weighted by Crippen LogP contribution is -2.44. The van der Waals surface area contributed by atoms with Crippen molar-refractivity contribution in [3.63, 3.8) is 0 Å². The summed E-state index contributed by atoms with van der Waals surface area (Å²) in [4.78, 5) is 55.3.